The van der Waals surface area contributed by atoms with E-state index in [2.05, 4.69) is 15.2 Å². The van der Waals surface area contributed by atoms with Gasteiger partial charge in [-0.25, -0.2) is 0 Å². The first-order chi connectivity index (χ1) is 9.95. The van der Waals surface area contributed by atoms with Crippen LogP contribution in [0.2, 0.25) is 0 Å². The number of aromatic nitrogens is 1. The van der Waals surface area contributed by atoms with Crippen LogP contribution in [-0.4, -0.2) is 31.2 Å². The minimum atomic E-state index is -4.34. The molecule has 2 heterocycles. The second-order valence-corrected chi connectivity index (χ2v) is 5.25. The van der Waals surface area contributed by atoms with Gasteiger partial charge in [0.2, 0.25) is 0 Å². The number of nitrogens with zero attached hydrogens (tertiary/aromatic N) is 2. The van der Waals surface area contributed by atoms with Crippen LogP contribution in [0.5, 0.6) is 0 Å². The Balaban J connectivity index is 2.12. The van der Waals surface area contributed by atoms with Gasteiger partial charge in [-0.15, -0.1) is 0 Å². The number of hydrogen-bond acceptors (Lipinski definition) is 3. The van der Waals surface area contributed by atoms with Gasteiger partial charge >= 0.3 is 6.18 Å². The SMILES string of the molecule is Cc1cc(N2CCNCC2)c2ccc(C(F)(F)F)cc2n1. The van der Waals surface area contributed by atoms with Gasteiger partial charge in [0.25, 0.3) is 0 Å². The van der Waals surface area contributed by atoms with Crippen LogP contribution in [0.3, 0.4) is 0 Å². The van der Waals surface area contributed by atoms with Gasteiger partial charge in [-0.2, -0.15) is 13.2 Å². The molecule has 0 bridgehead atoms. The fraction of sp³-hybridized carbons (Fsp3) is 0.400. The monoisotopic (exact) mass is 295 g/mol. The number of rotatable bonds is 1. The third-order valence-electron chi connectivity index (χ3n) is 3.70. The van der Waals surface area contributed by atoms with Crippen LogP contribution in [-0.2, 0) is 6.18 Å². The fourth-order valence-electron chi connectivity index (χ4n) is 2.68. The Morgan fingerprint density at radius 2 is 1.86 bits per heavy atom. The van der Waals surface area contributed by atoms with E-state index in [-0.39, 0.29) is 0 Å². The normalized spacial score (nSPS) is 16.5. The van der Waals surface area contributed by atoms with Crippen molar-refractivity contribution in [2.24, 2.45) is 0 Å². The quantitative estimate of drug-likeness (QED) is 0.876. The molecule has 112 valence electrons. The number of piperazine rings is 1. The lowest BCUT2D eigenvalue weighted by Crippen LogP contribution is -2.43. The molecule has 0 unspecified atom stereocenters. The highest BCUT2D eigenvalue weighted by Crippen LogP contribution is 2.34. The summed E-state index contributed by atoms with van der Waals surface area (Å²) in [5.41, 5.74) is 1.45. The lowest BCUT2D eigenvalue weighted by Gasteiger charge is -2.30. The number of halogens is 3. The molecule has 1 aromatic heterocycles. The zero-order valence-corrected chi connectivity index (χ0v) is 11.7. The van der Waals surface area contributed by atoms with Gasteiger partial charge in [0.15, 0.2) is 0 Å². The summed E-state index contributed by atoms with van der Waals surface area (Å²) < 4.78 is 38.5. The number of fused-ring (bicyclic) bond motifs is 1. The maximum atomic E-state index is 12.8. The fourth-order valence-corrected chi connectivity index (χ4v) is 2.68. The Labute approximate surface area is 120 Å². The smallest absolute Gasteiger partial charge is 0.368 e. The molecule has 0 aliphatic carbocycles. The Bertz CT molecular complexity index is 661. The van der Waals surface area contributed by atoms with Crippen molar-refractivity contribution in [2.75, 3.05) is 31.1 Å². The van der Waals surface area contributed by atoms with E-state index in [0.717, 1.165) is 55.1 Å². The van der Waals surface area contributed by atoms with Gasteiger partial charge in [-0.3, -0.25) is 4.98 Å². The van der Waals surface area contributed by atoms with Gasteiger partial charge in [0.05, 0.1) is 11.1 Å². The van der Waals surface area contributed by atoms with Crippen molar-refractivity contribution in [3.63, 3.8) is 0 Å². The standard InChI is InChI=1S/C15H16F3N3/c1-10-8-14(21-6-4-19-5-7-21)12-3-2-11(15(16,17)18)9-13(12)20-10/h2-3,8-9,19H,4-7H2,1H3. The predicted molar refractivity (Wildman–Crippen MR) is 76.6 cm³/mol. The molecule has 0 saturated carbocycles. The summed E-state index contributed by atoms with van der Waals surface area (Å²) in [5, 5.41) is 4.04. The molecule has 21 heavy (non-hydrogen) atoms. The van der Waals surface area contributed by atoms with Crippen molar-refractivity contribution < 1.29 is 13.2 Å². The van der Waals surface area contributed by atoms with Crippen molar-refractivity contribution in [1.29, 1.82) is 0 Å². The number of anilines is 1. The van der Waals surface area contributed by atoms with E-state index in [1.165, 1.54) is 6.07 Å². The summed E-state index contributed by atoms with van der Waals surface area (Å²) >= 11 is 0. The molecule has 1 fully saturated rings. The Morgan fingerprint density at radius 3 is 2.52 bits per heavy atom. The van der Waals surface area contributed by atoms with E-state index >= 15 is 0 Å². The summed E-state index contributed by atoms with van der Waals surface area (Å²) in [5.74, 6) is 0. The summed E-state index contributed by atoms with van der Waals surface area (Å²) in [7, 11) is 0. The van der Waals surface area contributed by atoms with E-state index in [1.54, 1.807) is 0 Å². The average molecular weight is 295 g/mol. The maximum Gasteiger partial charge on any atom is 0.416 e. The minimum absolute atomic E-state index is 0.401. The molecule has 0 spiro atoms. The molecule has 0 radical (unpaired) electrons. The van der Waals surface area contributed by atoms with Crippen LogP contribution in [0.4, 0.5) is 18.9 Å². The topological polar surface area (TPSA) is 28.2 Å². The molecule has 6 heteroatoms. The highest BCUT2D eigenvalue weighted by atomic mass is 19.4. The van der Waals surface area contributed by atoms with Crippen LogP contribution in [0, 0.1) is 6.92 Å². The van der Waals surface area contributed by atoms with Crippen LogP contribution < -0.4 is 10.2 Å². The molecule has 0 amide bonds. The van der Waals surface area contributed by atoms with E-state index in [4.69, 9.17) is 0 Å². The third kappa shape index (κ3) is 2.81. The predicted octanol–water partition coefficient (Wildman–Crippen LogP) is 2.97. The molecule has 1 aliphatic heterocycles. The van der Waals surface area contributed by atoms with E-state index in [0.29, 0.717) is 5.52 Å². The minimum Gasteiger partial charge on any atom is -0.368 e. The Kier molecular flexibility index (Phi) is 3.49. The second kappa shape index (κ2) is 5.18. The zero-order chi connectivity index (χ0) is 15.0. The van der Waals surface area contributed by atoms with Crippen LogP contribution in [0.1, 0.15) is 11.3 Å². The highest BCUT2D eigenvalue weighted by Gasteiger charge is 2.31. The first kappa shape index (κ1) is 14.1. The van der Waals surface area contributed by atoms with Crippen LogP contribution >= 0.6 is 0 Å². The molecular formula is C15H16F3N3. The summed E-state index contributed by atoms with van der Waals surface area (Å²) in [6.45, 7) is 5.26. The Morgan fingerprint density at radius 1 is 1.14 bits per heavy atom. The lowest BCUT2D eigenvalue weighted by atomic mass is 10.1. The van der Waals surface area contributed by atoms with Gasteiger partial charge in [0.1, 0.15) is 0 Å². The van der Waals surface area contributed by atoms with Crippen molar-refractivity contribution in [1.82, 2.24) is 10.3 Å². The van der Waals surface area contributed by atoms with Crippen LogP contribution in [0.15, 0.2) is 24.3 Å². The second-order valence-electron chi connectivity index (χ2n) is 5.25. The first-order valence-electron chi connectivity index (χ1n) is 6.89. The summed E-state index contributed by atoms with van der Waals surface area (Å²) in [4.78, 5) is 6.46. The van der Waals surface area contributed by atoms with Gasteiger partial charge < -0.3 is 10.2 Å². The van der Waals surface area contributed by atoms with Crippen molar-refractivity contribution in [2.45, 2.75) is 13.1 Å². The zero-order valence-electron chi connectivity index (χ0n) is 11.7. The number of nitrogens with one attached hydrogen (secondary N) is 1. The molecule has 1 saturated heterocycles. The molecule has 2 aromatic rings. The molecule has 1 N–H and O–H groups in total. The molecular weight excluding hydrogens is 279 g/mol. The van der Waals surface area contributed by atoms with Crippen LogP contribution in [0.25, 0.3) is 10.9 Å². The van der Waals surface area contributed by atoms with Crippen molar-refractivity contribution >= 4 is 16.6 Å². The molecule has 3 nitrogen and oxygen atoms in total. The van der Waals surface area contributed by atoms with E-state index in [9.17, 15) is 13.2 Å². The molecule has 3 rings (SSSR count). The average Bonchev–Trinajstić information content (AvgIpc) is 2.45. The number of aryl methyl sites for hydroxylation is 1. The van der Waals surface area contributed by atoms with Crippen molar-refractivity contribution in [3.8, 4) is 0 Å². The van der Waals surface area contributed by atoms with Gasteiger partial charge in [-0.05, 0) is 25.1 Å². The first-order valence-corrected chi connectivity index (χ1v) is 6.89. The Hall–Kier alpha value is -1.82. The number of alkyl halides is 3. The lowest BCUT2D eigenvalue weighted by molar-refractivity contribution is -0.137. The van der Waals surface area contributed by atoms with Gasteiger partial charge in [0, 0.05) is 42.9 Å². The molecule has 0 atom stereocenters. The number of pyridine rings is 1. The van der Waals surface area contributed by atoms with Crippen molar-refractivity contribution in [3.05, 3.63) is 35.5 Å². The van der Waals surface area contributed by atoms with E-state index < -0.39 is 11.7 Å². The summed E-state index contributed by atoms with van der Waals surface area (Å²) in [6.07, 6.45) is -4.34. The summed E-state index contributed by atoms with van der Waals surface area (Å²) in [6, 6.07) is 5.74. The molecule has 1 aromatic carbocycles. The largest absolute Gasteiger partial charge is 0.416 e. The number of hydrogen-bond donors (Lipinski definition) is 1. The van der Waals surface area contributed by atoms with Gasteiger partial charge in [-0.1, -0.05) is 6.07 Å². The molecule has 1 aliphatic rings. The maximum absolute atomic E-state index is 12.8. The van der Waals surface area contributed by atoms with E-state index in [1.807, 2.05) is 13.0 Å². The third-order valence-corrected chi connectivity index (χ3v) is 3.70. The highest BCUT2D eigenvalue weighted by molar-refractivity contribution is 5.92. The number of benzene rings is 1.